The first kappa shape index (κ1) is 13.0. The quantitative estimate of drug-likeness (QED) is 0.823. The van der Waals surface area contributed by atoms with Crippen LogP contribution in [0.4, 0.5) is 0 Å². The van der Waals surface area contributed by atoms with E-state index in [0.717, 1.165) is 11.3 Å². The average Bonchev–Trinajstić information content (AvgIpc) is 2.19. The molecule has 16 heavy (non-hydrogen) atoms. The molecule has 1 atom stereocenters. The predicted molar refractivity (Wildman–Crippen MR) is 66.0 cm³/mol. The number of hydrogen-bond acceptors (Lipinski definition) is 3. The summed E-state index contributed by atoms with van der Waals surface area (Å²) in [7, 11) is 3.86. The Kier molecular flexibility index (Phi) is 4.77. The molecule has 0 radical (unpaired) electrons. The smallest absolute Gasteiger partial charge is 0.122 e. The van der Waals surface area contributed by atoms with E-state index in [-0.39, 0.29) is 0 Å². The molecule has 0 spiro atoms. The number of ether oxygens (including phenoxy) is 1. The Morgan fingerprint density at radius 1 is 1.31 bits per heavy atom. The van der Waals surface area contributed by atoms with Crippen molar-refractivity contribution >= 4 is 0 Å². The summed E-state index contributed by atoms with van der Waals surface area (Å²) in [5.74, 6) is 0.859. The molecule has 1 rings (SSSR count). The molecular weight excluding hydrogens is 202 g/mol. The molecule has 0 aromatic heterocycles. The Bertz CT molecular complexity index is 337. The van der Waals surface area contributed by atoms with Crippen molar-refractivity contribution in [1.29, 1.82) is 0 Å². The van der Waals surface area contributed by atoms with Crippen molar-refractivity contribution < 1.29 is 9.84 Å². The fourth-order valence-corrected chi connectivity index (χ4v) is 1.54. The van der Waals surface area contributed by atoms with Gasteiger partial charge in [-0.3, -0.25) is 0 Å². The van der Waals surface area contributed by atoms with E-state index in [0.29, 0.717) is 13.2 Å². The van der Waals surface area contributed by atoms with Gasteiger partial charge in [0.15, 0.2) is 0 Å². The van der Waals surface area contributed by atoms with Crippen molar-refractivity contribution in [2.75, 3.05) is 27.2 Å². The molecule has 0 bridgehead atoms. The highest BCUT2D eigenvalue weighted by Crippen LogP contribution is 2.20. The van der Waals surface area contributed by atoms with Crippen molar-refractivity contribution in [3.63, 3.8) is 0 Å². The zero-order valence-corrected chi connectivity index (χ0v) is 10.5. The van der Waals surface area contributed by atoms with Gasteiger partial charge in [-0.15, -0.1) is 0 Å². The van der Waals surface area contributed by atoms with Crippen LogP contribution in [0.15, 0.2) is 18.2 Å². The average molecular weight is 223 g/mol. The molecule has 0 saturated heterocycles. The normalized spacial score (nSPS) is 12.9. The van der Waals surface area contributed by atoms with Gasteiger partial charge in [-0.1, -0.05) is 12.1 Å². The van der Waals surface area contributed by atoms with Crippen molar-refractivity contribution in [3.8, 4) is 5.75 Å². The fraction of sp³-hybridized carbons (Fsp3) is 0.538. The van der Waals surface area contributed by atoms with Gasteiger partial charge in [0.1, 0.15) is 18.5 Å². The molecule has 0 fully saturated rings. The minimum Gasteiger partial charge on any atom is -0.491 e. The topological polar surface area (TPSA) is 32.7 Å². The van der Waals surface area contributed by atoms with E-state index >= 15 is 0 Å². The van der Waals surface area contributed by atoms with Crippen LogP contribution in [0.2, 0.25) is 0 Å². The highest BCUT2D eigenvalue weighted by atomic mass is 16.5. The lowest BCUT2D eigenvalue weighted by Gasteiger charge is -2.17. The van der Waals surface area contributed by atoms with E-state index in [2.05, 4.69) is 13.0 Å². The number of aliphatic hydroxyl groups is 1. The molecule has 3 heteroatoms. The second-order valence-electron chi connectivity index (χ2n) is 4.43. The molecule has 0 aliphatic rings. The van der Waals surface area contributed by atoms with Crippen LogP contribution in [0.3, 0.4) is 0 Å². The SMILES string of the molecule is Cc1cccc(OC[C@@H](O)CN(C)C)c1C. The molecular formula is C13H21NO2. The minimum atomic E-state index is -0.449. The van der Waals surface area contributed by atoms with Gasteiger partial charge in [0, 0.05) is 6.54 Å². The molecule has 0 saturated carbocycles. The first-order valence-electron chi connectivity index (χ1n) is 5.52. The number of nitrogens with zero attached hydrogens (tertiary/aromatic N) is 1. The van der Waals surface area contributed by atoms with E-state index < -0.39 is 6.10 Å². The monoisotopic (exact) mass is 223 g/mol. The third-order valence-corrected chi connectivity index (χ3v) is 2.56. The maximum absolute atomic E-state index is 9.67. The maximum atomic E-state index is 9.67. The third-order valence-electron chi connectivity index (χ3n) is 2.56. The molecule has 0 aliphatic heterocycles. The molecule has 3 nitrogen and oxygen atoms in total. The van der Waals surface area contributed by atoms with E-state index in [4.69, 9.17) is 4.74 Å². The summed E-state index contributed by atoms with van der Waals surface area (Å²) in [6.45, 7) is 5.04. The second-order valence-corrected chi connectivity index (χ2v) is 4.43. The molecule has 0 amide bonds. The van der Waals surface area contributed by atoms with Crippen LogP contribution in [0.1, 0.15) is 11.1 Å². The van der Waals surface area contributed by atoms with Gasteiger partial charge >= 0.3 is 0 Å². The van der Waals surface area contributed by atoms with Crippen LogP contribution in [0, 0.1) is 13.8 Å². The van der Waals surface area contributed by atoms with Gasteiger partial charge in [0.05, 0.1) is 0 Å². The molecule has 1 aromatic carbocycles. The Hall–Kier alpha value is -1.06. The van der Waals surface area contributed by atoms with E-state index in [1.54, 1.807) is 0 Å². The summed E-state index contributed by atoms with van der Waals surface area (Å²) in [5, 5.41) is 9.67. The first-order valence-corrected chi connectivity index (χ1v) is 5.52. The van der Waals surface area contributed by atoms with E-state index in [1.165, 1.54) is 5.56 Å². The summed E-state index contributed by atoms with van der Waals surface area (Å²) < 4.78 is 5.60. The molecule has 0 unspecified atom stereocenters. The Morgan fingerprint density at radius 3 is 2.62 bits per heavy atom. The molecule has 0 aliphatic carbocycles. The van der Waals surface area contributed by atoms with Crippen LogP contribution < -0.4 is 4.74 Å². The van der Waals surface area contributed by atoms with Gasteiger partial charge < -0.3 is 14.7 Å². The van der Waals surface area contributed by atoms with Crippen LogP contribution >= 0.6 is 0 Å². The zero-order chi connectivity index (χ0) is 12.1. The van der Waals surface area contributed by atoms with Gasteiger partial charge in [-0.2, -0.15) is 0 Å². The number of aliphatic hydroxyl groups excluding tert-OH is 1. The lowest BCUT2D eigenvalue weighted by molar-refractivity contribution is 0.0828. The Labute approximate surface area is 97.7 Å². The van der Waals surface area contributed by atoms with Crippen molar-refractivity contribution in [1.82, 2.24) is 4.90 Å². The van der Waals surface area contributed by atoms with Crippen molar-refractivity contribution in [2.24, 2.45) is 0 Å². The Balaban J connectivity index is 2.51. The lowest BCUT2D eigenvalue weighted by Crippen LogP contribution is -2.30. The maximum Gasteiger partial charge on any atom is 0.122 e. The van der Waals surface area contributed by atoms with E-state index in [9.17, 15) is 5.11 Å². The first-order chi connectivity index (χ1) is 7.50. The van der Waals surface area contributed by atoms with Crippen molar-refractivity contribution in [2.45, 2.75) is 20.0 Å². The summed E-state index contributed by atoms with van der Waals surface area (Å²) >= 11 is 0. The fourth-order valence-electron chi connectivity index (χ4n) is 1.54. The number of hydrogen-bond donors (Lipinski definition) is 1. The zero-order valence-electron chi connectivity index (χ0n) is 10.5. The predicted octanol–water partition coefficient (Wildman–Crippen LogP) is 1.60. The van der Waals surface area contributed by atoms with Crippen LogP contribution in [-0.4, -0.2) is 43.4 Å². The molecule has 1 aromatic rings. The second kappa shape index (κ2) is 5.87. The third kappa shape index (κ3) is 3.83. The van der Waals surface area contributed by atoms with Crippen molar-refractivity contribution in [3.05, 3.63) is 29.3 Å². The highest BCUT2D eigenvalue weighted by Gasteiger charge is 2.08. The van der Waals surface area contributed by atoms with Crippen LogP contribution in [0.5, 0.6) is 5.75 Å². The summed E-state index contributed by atoms with van der Waals surface area (Å²) in [6.07, 6.45) is -0.449. The number of rotatable bonds is 5. The standard InChI is InChI=1S/C13H21NO2/c1-10-6-5-7-13(11(10)2)16-9-12(15)8-14(3)4/h5-7,12,15H,8-9H2,1-4H3/t12-/m0/s1. The molecule has 0 heterocycles. The summed E-state index contributed by atoms with van der Waals surface area (Å²) in [4.78, 5) is 1.94. The van der Waals surface area contributed by atoms with Gasteiger partial charge in [-0.05, 0) is 45.1 Å². The molecule has 1 N–H and O–H groups in total. The van der Waals surface area contributed by atoms with Crippen LogP contribution in [-0.2, 0) is 0 Å². The van der Waals surface area contributed by atoms with Gasteiger partial charge in [-0.25, -0.2) is 0 Å². The minimum absolute atomic E-state index is 0.336. The Morgan fingerprint density at radius 2 is 2.00 bits per heavy atom. The summed E-state index contributed by atoms with van der Waals surface area (Å²) in [6, 6.07) is 5.96. The van der Waals surface area contributed by atoms with Crippen LogP contribution in [0.25, 0.3) is 0 Å². The number of likely N-dealkylation sites (N-methyl/N-ethyl adjacent to an activating group) is 1. The van der Waals surface area contributed by atoms with Gasteiger partial charge in [0.25, 0.3) is 0 Å². The lowest BCUT2D eigenvalue weighted by atomic mass is 10.1. The van der Waals surface area contributed by atoms with Gasteiger partial charge in [0.2, 0.25) is 0 Å². The summed E-state index contributed by atoms with van der Waals surface area (Å²) in [5.41, 5.74) is 2.35. The van der Waals surface area contributed by atoms with E-state index in [1.807, 2.05) is 38.1 Å². The highest BCUT2D eigenvalue weighted by molar-refractivity contribution is 5.38. The molecule has 90 valence electrons. The largest absolute Gasteiger partial charge is 0.491 e. The number of aryl methyl sites for hydroxylation is 1. The number of benzene rings is 1.